The lowest BCUT2D eigenvalue weighted by atomic mass is 10.0. The minimum absolute atomic E-state index is 0.0431. The first-order chi connectivity index (χ1) is 11.0. The summed E-state index contributed by atoms with van der Waals surface area (Å²) in [5.41, 5.74) is 4.20. The highest BCUT2D eigenvalue weighted by Crippen LogP contribution is 2.18. The number of aryl methyl sites for hydroxylation is 2. The molecule has 3 heteroatoms. The lowest BCUT2D eigenvalue weighted by Gasteiger charge is -2.16. The Labute approximate surface area is 138 Å². The summed E-state index contributed by atoms with van der Waals surface area (Å²) >= 11 is 0. The van der Waals surface area contributed by atoms with Crippen LogP contribution in [-0.2, 0) is 0 Å². The molecule has 0 bridgehead atoms. The fourth-order valence-corrected chi connectivity index (χ4v) is 2.25. The number of nitrogens with one attached hydrogen (secondary N) is 1. The van der Waals surface area contributed by atoms with Crippen LogP contribution in [-0.4, -0.2) is 12.5 Å². The van der Waals surface area contributed by atoms with E-state index in [2.05, 4.69) is 43.9 Å². The Balaban J connectivity index is 2.02. The third-order valence-electron chi connectivity index (χ3n) is 3.86. The Morgan fingerprint density at radius 2 is 1.87 bits per heavy atom. The van der Waals surface area contributed by atoms with Gasteiger partial charge in [-0.15, -0.1) is 0 Å². The van der Waals surface area contributed by atoms with E-state index in [-0.39, 0.29) is 11.9 Å². The van der Waals surface area contributed by atoms with Crippen molar-refractivity contribution in [3.63, 3.8) is 0 Å². The average molecular weight is 309 g/mol. The quantitative estimate of drug-likeness (QED) is 0.805. The zero-order chi connectivity index (χ0) is 16.8. The monoisotopic (exact) mass is 309 g/mol. The van der Waals surface area contributed by atoms with E-state index in [1.54, 1.807) is 30.3 Å². The first kappa shape index (κ1) is 16.8. The highest BCUT2D eigenvalue weighted by atomic mass is 16.5. The number of ether oxygens (including phenoxy) is 1. The van der Waals surface area contributed by atoms with Crippen LogP contribution in [0.4, 0.5) is 0 Å². The number of carbonyl (C=O) groups excluding carboxylic acids is 1. The van der Waals surface area contributed by atoms with Gasteiger partial charge in [0.1, 0.15) is 12.4 Å². The Bertz CT molecular complexity index is 689. The Kier molecular flexibility index (Phi) is 5.58. The standard InChI is InChI=1S/C20H23NO2/c1-5-12-23-19-10-8-17(9-11-19)20(22)21-16(4)18-7-6-14(2)15(3)13-18/h5-11,13,16H,1,12H2,2-4H3,(H,21,22)/t16-/m0/s1. The van der Waals surface area contributed by atoms with E-state index in [0.717, 1.165) is 11.3 Å². The molecule has 0 spiro atoms. The lowest BCUT2D eigenvalue weighted by Crippen LogP contribution is -2.26. The number of hydrogen-bond acceptors (Lipinski definition) is 2. The molecular weight excluding hydrogens is 286 g/mol. The molecule has 3 nitrogen and oxygen atoms in total. The molecule has 0 aliphatic carbocycles. The number of rotatable bonds is 6. The van der Waals surface area contributed by atoms with Crippen molar-refractivity contribution in [3.05, 3.63) is 77.4 Å². The van der Waals surface area contributed by atoms with Crippen molar-refractivity contribution in [1.82, 2.24) is 5.32 Å². The predicted molar refractivity (Wildman–Crippen MR) is 93.9 cm³/mol. The molecule has 1 amide bonds. The highest BCUT2D eigenvalue weighted by Gasteiger charge is 2.12. The summed E-state index contributed by atoms with van der Waals surface area (Å²) in [7, 11) is 0. The van der Waals surface area contributed by atoms with Crippen LogP contribution in [0.15, 0.2) is 55.1 Å². The molecule has 0 aromatic heterocycles. The number of benzene rings is 2. The lowest BCUT2D eigenvalue weighted by molar-refractivity contribution is 0.0940. The summed E-state index contributed by atoms with van der Waals surface area (Å²) in [6.45, 7) is 10.2. The van der Waals surface area contributed by atoms with E-state index in [1.807, 2.05) is 6.92 Å². The van der Waals surface area contributed by atoms with Crippen LogP contribution in [0.5, 0.6) is 5.75 Å². The summed E-state index contributed by atoms with van der Waals surface area (Å²) in [6, 6.07) is 13.3. The van der Waals surface area contributed by atoms with Gasteiger partial charge in [-0.2, -0.15) is 0 Å². The molecule has 0 aliphatic heterocycles. The van der Waals surface area contributed by atoms with E-state index in [1.165, 1.54) is 11.1 Å². The Morgan fingerprint density at radius 3 is 2.48 bits per heavy atom. The van der Waals surface area contributed by atoms with E-state index in [4.69, 9.17) is 4.74 Å². The van der Waals surface area contributed by atoms with Gasteiger partial charge in [0.05, 0.1) is 6.04 Å². The summed E-state index contributed by atoms with van der Waals surface area (Å²) in [5, 5.41) is 3.03. The number of hydrogen-bond donors (Lipinski definition) is 1. The fourth-order valence-electron chi connectivity index (χ4n) is 2.25. The minimum Gasteiger partial charge on any atom is -0.490 e. The van der Waals surface area contributed by atoms with E-state index in [0.29, 0.717) is 12.2 Å². The van der Waals surface area contributed by atoms with Gasteiger partial charge in [0.2, 0.25) is 0 Å². The fraction of sp³-hybridized carbons (Fsp3) is 0.250. The van der Waals surface area contributed by atoms with Crippen LogP contribution in [0.3, 0.4) is 0 Å². The molecule has 0 radical (unpaired) electrons. The van der Waals surface area contributed by atoms with Crippen LogP contribution in [0.2, 0.25) is 0 Å². The molecule has 1 N–H and O–H groups in total. The molecule has 2 rings (SSSR count). The van der Waals surface area contributed by atoms with Crippen molar-refractivity contribution < 1.29 is 9.53 Å². The van der Waals surface area contributed by atoms with Crippen LogP contribution < -0.4 is 10.1 Å². The van der Waals surface area contributed by atoms with Gasteiger partial charge < -0.3 is 10.1 Å². The van der Waals surface area contributed by atoms with Crippen LogP contribution in [0.1, 0.15) is 40.0 Å². The van der Waals surface area contributed by atoms with Crippen LogP contribution >= 0.6 is 0 Å². The van der Waals surface area contributed by atoms with E-state index in [9.17, 15) is 4.79 Å². The molecule has 0 unspecified atom stereocenters. The van der Waals surface area contributed by atoms with Gasteiger partial charge in [0.25, 0.3) is 5.91 Å². The maximum Gasteiger partial charge on any atom is 0.251 e. The smallest absolute Gasteiger partial charge is 0.251 e. The largest absolute Gasteiger partial charge is 0.490 e. The molecule has 0 saturated heterocycles. The van der Waals surface area contributed by atoms with Crippen LogP contribution in [0.25, 0.3) is 0 Å². The third-order valence-corrected chi connectivity index (χ3v) is 3.86. The maximum atomic E-state index is 12.3. The van der Waals surface area contributed by atoms with Gasteiger partial charge >= 0.3 is 0 Å². The Hall–Kier alpha value is -2.55. The molecule has 0 fully saturated rings. The average Bonchev–Trinajstić information content (AvgIpc) is 2.55. The first-order valence-electron chi connectivity index (χ1n) is 7.73. The molecule has 120 valence electrons. The molecular formula is C20H23NO2. The van der Waals surface area contributed by atoms with E-state index >= 15 is 0 Å². The van der Waals surface area contributed by atoms with Crippen molar-refractivity contribution in [2.75, 3.05) is 6.61 Å². The summed E-state index contributed by atoms with van der Waals surface area (Å²) in [6.07, 6.45) is 1.69. The van der Waals surface area contributed by atoms with Crippen molar-refractivity contribution in [1.29, 1.82) is 0 Å². The molecule has 23 heavy (non-hydrogen) atoms. The molecule has 2 aromatic carbocycles. The highest BCUT2D eigenvalue weighted by molar-refractivity contribution is 5.94. The van der Waals surface area contributed by atoms with Gasteiger partial charge in [-0.05, 0) is 61.7 Å². The molecule has 2 aromatic rings. The Morgan fingerprint density at radius 1 is 1.17 bits per heavy atom. The number of amides is 1. The minimum atomic E-state index is -0.0917. The molecule has 0 aliphatic rings. The van der Waals surface area contributed by atoms with Gasteiger partial charge in [-0.1, -0.05) is 30.9 Å². The van der Waals surface area contributed by atoms with Crippen molar-refractivity contribution >= 4 is 5.91 Å². The summed E-state index contributed by atoms with van der Waals surface area (Å²) in [4.78, 5) is 12.3. The number of carbonyl (C=O) groups is 1. The van der Waals surface area contributed by atoms with Crippen molar-refractivity contribution in [2.24, 2.45) is 0 Å². The summed E-state index contributed by atoms with van der Waals surface area (Å²) in [5.74, 6) is 0.634. The maximum absolute atomic E-state index is 12.3. The van der Waals surface area contributed by atoms with Gasteiger partial charge in [0.15, 0.2) is 0 Å². The first-order valence-corrected chi connectivity index (χ1v) is 7.73. The van der Waals surface area contributed by atoms with Crippen molar-refractivity contribution in [3.8, 4) is 5.75 Å². The van der Waals surface area contributed by atoms with Crippen molar-refractivity contribution in [2.45, 2.75) is 26.8 Å². The normalized spacial score (nSPS) is 11.6. The van der Waals surface area contributed by atoms with Gasteiger partial charge in [-0.25, -0.2) is 0 Å². The van der Waals surface area contributed by atoms with Gasteiger partial charge in [0, 0.05) is 5.56 Å². The second-order valence-corrected chi connectivity index (χ2v) is 5.66. The predicted octanol–water partition coefficient (Wildman–Crippen LogP) is 4.36. The SMILES string of the molecule is C=CCOc1ccc(C(=O)N[C@@H](C)c2ccc(C)c(C)c2)cc1. The van der Waals surface area contributed by atoms with E-state index < -0.39 is 0 Å². The summed E-state index contributed by atoms with van der Waals surface area (Å²) < 4.78 is 5.41. The molecule has 0 heterocycles. The zero-order valence-electron chi connectivity index (χ0n) is 13.9. The van der Waals surface area contributed by atoms with Crippen LogP contribution in [0, 0.1) is 13.8 Å². The van der Waals surface area contributed by atoms with Gasteiger partial charge in [-0.3, -0.25) is 4.79 Å². The topological polar surface area (TPSA) is 38.3 Å². The molecule has 1 atom stereocenters. The second-order valence-electron chi connectivity index (χ2n) is 5.66. The molecule has 0 saturated carbocycles. The second kappa shape index (κ2) is 7.63. The zero-order valence-corrected chi connectivity index (χ0v) is 13.9. The third kappa shape index (κ3) is 4.46.